The van der Waals surface area contributed by atoms with Crippen molar-refractivity contribution in [1.82, 2.24) is 0 Å². The SMILES string of the molecule is C[C@@H](OC(=O)c1ccccc1Br)C(=O)Nc1ccccc1Cl. The summed E-state index contributed by atoms with van der Waals surface area (Å²) in [5, 5.41) is 3.04. The van der Waals surface area contributed by atoms with Crippen LogP contribution in [0, 0.1) is 0 Å². The highest BCUT2D eigenvalue weighted by Crippen LogP contribution is 2.21. The van der Waals surface area contributed by atoms with E-state index in [0.717, 1.165) is 0 Å². The predicted molar refractivity (Wildman–Crippen MR) is 89.1 cm³/mol. The van der Waals surface area contributed by atoms with Gasteiger partial charge in [-0.25, -0.2) is 4.79 Å². The maximum Gasteiger partial charge on any atom is 0.340 e. The predicted octanol–water partition coefficient (Wildman–Crippen LogP) is 4.29. The molecule has 0 heterocycles. The third-order valence-electron chi connectivity index (χ3n) is 2.88. The van der Waals surface area contributed by atoms with Crippen LogP contribution in [0.2, 0.25) is 5.02 Å². The Hall–Kier alpha value is -1.85. The number of anilines is 1. The molecule has 0 saturated carbocycles. The first-order chi connectivity index (χ1) is 10.5. The van der Waals surface area contributed by atoms with Crippen molar-refractivity contribution in [3.63, 3.8) is 0 Å². The van der Waals surface area contributed by atoms with Crippen LogP contribution in [0.4, 0.5) is 5.69 Å². The zero-order valence-corrected chi connectivity index (χ0v) is 14.0. The number of para-hydroxylation sites is 1. The molecule has 0 aliphatic rings. The van der Waals surface area contributed by atoms with E-state index >= 15 is 0 Å². The van der Waals surface area contributed by atoms with Gasteiger partial charge in [-0.1, -0.05) is 35.9 Å². The highest BCUT2D eigenvalue weighted by atomic mass is 79.9. The molecule has 4 nitrogen and oxygen atoms in total. The van der Waals surface area contributed by atoms with Crippen molar-refractivity contribution in [2.24, 2.45) is 0 Å². The lowest BCUT2D eigenvalue weighted by atomic mass is 10.2. The minimum atomic E-state index is -0.948. The standard InChI is InChI=1S/C16H13BrClNO3/c1-10(15(20)19-14-9-5-4-8-13(14)18)22-16(21)11-6-2-3-7-12(11)17/h2-10H,1H3,(H,19,20)/t10-/m1/s1. The summed E-state index contributed by atoms with van der Waals surface area (Å²) in [7, 11) is 0. The second-order valence-corrected chi connectivity index (χ2v) is 5.76. The molecule has 0 radical (unpaired) electrons. The van der Waals surface area contributed by atoms with Crippen LogP contribution in [-0.2, 0) is 9.53 Å². The minimum Gasteiger partial charge on any atom is -0.449 e. The molecule has 114 valence electrons. The van der Waals surface area contributed by atoms with Gasteiger partial charge in [-0.15, -0.1) is 0 Å². The van der Waals surface area contributed by atoms with Crippen LogP contribution in [0.25, 0.3) is 0 Å². The van der Waals surface area contributed by atoms with Gasteiger partial charge in [0, 0.05) is 4.47 Å². The van der Waals surface area contributed by atoms with Crippen LogP contribution >= 0.6 is 27.5 Å². The molecule has 0 fully saturated rings. The topological polar surface area (TPSA) is 55.4 Å². The Kier molecular flexibility index (Phi) is 5.57. The highest BCUT2D eigenvalue weighted by Gasteiger charge is 2.20. The van der Waals surface area contributed by atoms with E-state index < -0.39 is 18.0 Å². The smallest absolute Gasteiger partial charge is 0.340 e. The Morgan fingerprint density at radius 1 is 1.14 bits per heavy atom. The number of hydrogen-bond acceptors (Lipinski definition) is 3. The Morgan fingerprint density at radius 3 is 2.45 bits per heavy atom. The average molecular weight is 383 g/mol. The molecule has 0 unspecified atom stereocenters. The van der Waals surface area contributed by atoms with E-state index in [2.05, 4.69) is 21.2 Å². The Labute approximate surface area is 141 Å². The molecule has 6 heteroatoms. The van der Waals surface area contributed by atoms with Crippen LogP contribution in [0.15, 0.2) is 53.0 Å². The molecular weight excluding hydrogens is 370 g/mol. The molecule has 2 aromatic rings. The zero-order chi connectivity index (χ0) is 16.1. The van der Waals surface area contributed by atoms with Gasteiger partial charge in [0.05, 0.1) is 16.3 Å². The zero-order valence-electron chi connectivity index (χ0n) is 11.7. The number of benzene rings is 2. The third kappa shape index (κ3) is 4.08. The van der Waals surface area contributed by atoms with Crippen LogP contribution < -0.4 is 5.32 Å². The van der Waals surface area contributed by atoms with Crippen molar-refractivity contribution in [2.75, 3.05) is 5.32 Å². The fourth-order valence-corrected chi connectivity index (χ4v) is 2.33. The molecule has 0 aliphatic carbocycles. The van der Waals surface area contributed by atoms with E-state index in [1.165, 1.54) is 6.92 Å². The van der Waals surface area contributed by atoms with Crippen LogP contribution in [0.5, 0.6) is 0 Å². The number of nitrogens with one attached hydrogen (secondary N) is 1. The summed E-state index contributed by atoms with van der Waals surface area (Å²) in [5.74, 6) is -1.03. The van der Waals surface area contributed by atoms with E-state index in [9.17, 15) is 9.59 Å². The Morgan fingerprint density at radius 2 is 1.77 bits per heavy atom. The first-order valence-corrected chi connectivity index (χ1v) is 7.67. The molecular formula is C16H13BrClNO3. The fourth-order valence-electron chi connectivity index (χ4n) is 1.70. The second-order valence-electron chi connectivity index (χ2n) is 4.50. The maximum absolute atomic E-state index is 12.1. The van der Waals surface area contributed by atoms with Crippen molar-refractivity contribution in [3.05, 3.63) is 63.6 Å². The Balaban J connectivity index is 2.01. The summed E-state index contributed by atoms with van der Waals surface area (Å²) in [6.07, 6.45) is -0.948. The van der Waals surface area contributed by atoms with Gasteiger partial charge in [0.25, 0.3) is 5.91 Å². The normalized spacial score (nSPS) is 11.6. The summed E-state index contributed by atoms with van der Waals surface area (Å²) >= 11 is 9.24. The van der Waals surface area contributed by atoms with Crippen molar-refractivity contribution < 1.29 is 14.3 Å². The molecule has 0 bridgehead atoms. The highest BCUT2D eigenvalue weighted by molar-refractivity contribution is 9.10. The monoisotopic (exact) mass is 381 g/mol. The number of amides is 1. The quantitative estimate of drug-likeness (QED) is 0.803. The lowest BCUT2D eigenvalue weighted by molar-refractivity contribution is -0.123. The molecule has 1 amide bonds. The number of rotatable bonds is 4. The summed E-state index contributed by atoms with van der Waals surface area (Å²) in [5.41, 5.74) is 0.831. The van der Waals surface area contributed by atoms with Gasteiger partial charge >= 0.3 is 5.97 Å². The molecule has 1 N–H and O–H groups in total. The number of ether oxygens (including phenoxy) is 1. The molecule has 0 spiro atoms. The van der Waals surface area contributed by atoms with Gasteiger partial charge < -0.3 is 10.1 Å². The van der Waals surface area contributed by atoms with Crippen molar-refractivity contribution in [2.45, 2.75) is 13.0 Å². The minimum absolute atomic E-state index is 0.361. The van der Waals surface area contributed by atoms with Gasteiger partial charge in [-0.05, 0) is 47.1 Å². The van der Waals surface area contributed by atoms with Crippen molar-refractivity contribution >= 4 is 45.1 Å². The molecule has 0 aromatic heterocycles. The summed E-state index contributed by atoms with van der Waals surface area (Å²) < 4.78 is 5.78. The molecule has 2 rings (SSSR count). The number of carbonyl (C=O) groups excluding carboxylic acids is 2. The summed E-state index contributed by atoms with van der Waals surface area (Å²) in [6.45, 7) is 1.50. The van der Waals surface area contributed by atoms with E-state index in [-0.39, 0.29) is 0 Å². The number of carbonyl (C=O) groups is 2. The van der Waals surface area contributed by atoms with Gasteiger partial charge in [-0.2, -0.15) is 0 Å². The molecule has 22 heavy (non-hydrogen) atoms. The van der Waals surface area contributed by atoms with Crippen LogP contribution in [0.3, 0.4) is 0 Å². The average Bonchev–Trinajstić information content (AvgIpc) is 2.49. The molecule has 1 atom stereocenters. The largest absolute Gasteiger partial charge is 0.449 e. The molecule has 0 saturated heterocycles. The van der Waals surface area contributed by atoms with Gasteiger partial charge in [0.2, 0.25) is 0 Å². The summed E-state index contributed by atoms with van der Waals surface area (Å²) in [6, 6.07) is 13.7. The fraction of sp³-hybridized carbons (Fsp3) is 0.125. The van der Waals surface area contributed by atoms with E-state index in [0.29, 0.717) is 20.7 Å². The number of esters is 1. The van der Waals surface area contributed by atoms with Gasteiger partial charge in [0.1, 0.15) is 0 Å². The van der Waals surface area contributed by atoms with Crippen molar-refractivity contribution in [3.8, 4) is 0 Å². The maximum atomic E-state index is 12.1. The van der Waals surface area contributed by atoms with Gasteiger partial charge in [0.15, 0.2) is 6.10 Å². The Bertz CT molecular complexity index is 705. The van der Waals surface area contributed by atoms with E-state index in [4.69, 9.17) is 16.3 Å². The molecule has 2 aromatic carbocycles. The van der Waals surface area contributed by atoms with E-state index in [1.54, 1.807) is 48.5 Å². The third-order valence-corrected chi connectivity index (χ3v) is 3.90. The number of halogens is 2. The lowest BCUT2D eigenvalue weighted by Crippen LogP contribution is -2.30. The first kappa shape index (κ1) is 16.5. The van der Waals surface area contributed by atoms with Gasteiger partial charge in [-0.3, -0.25) is 4.79 Å². The van der Waals surface area contributed by atoms with Crippen LogP contribution in [-0.4, -0.2) is 18.0 Å². The second kappa shape index (κ2) is 7.42. The molecule has 0 aliphatic heterocycles. The van der Waals surface area contributed by atoms with Crippen molar-refractivity contribution in [1.29, 1.82) is 0 Å². The summed E-state index contributed by atoms with van der Waals surface area (Å²) in [4.78, 5) is 24.1. The first-order valence-electron chi connectivity index (χ1n) is 6.50. The van der Waals surface area contributed by atoms with Crippen LogP contribution in [0.1, 0.15) is 17.3 Å². The van der Waals surface area contributed by atoms with E-state index in [1.807, 2.05) is 0 Å². The lowest BCUT2D eigenvalue weighted by Gasteiger charge is -2.14. The number of hydrogen-bond donors (Lipinski definition) is 1.